The molecule has 5 nitrogen and oxygen atoms in total. The van der Waals surface area contributed by atoms with E-state index >= 15 is 0 Å². The summed E-state index contributed by atoms with van der Waals surface area (Å²) in [5.74, 6) is -0.764. The van der Waals surface area contributed by atoms with Gasteiger partial charge in [-0.2, -0.15) is 0 Å². The fourth-order valence-electron chi connectivity index (χ4n) is 3.93. The minimum atomic E-state index is -0.783. The number of nitrogens with zero attached hydrogens (tertiary/aromatic N) is 1. The summed E-state index contributed by atoms with van der Waals surface area (Å²) in [6, 6.07) is 0.138. The molecule has 0 spiro atoms. The Morgan fingerprint density at radius 2 is 1.76 bits per heavy atom. The zero-order valence-electron chi connectivity index (χ0n) is 13.1. The number of carbonyl (C=O) groups is 2. The third-order valence-corrected chi connectivity index (χ3v) is 4.86. The van der Waals surface area contributed by atoms with Gasteiger partial charge in [-0.1, -0.05) is 12.8 Å². The number of hydrogen-bond acceptors (Lipinski definition) is 3. The maximum absolute atomic E-state index is 12.2. The van der Waals surface area contributed by atoms with Crippen LogP contribution >= 0.6 is 0 Å². The van der Waals surface area contributed by atoms with Gasteiger partial charge in [-0.15, -0.1) is 0 Å². The molecule has 21 heavy (non-hydrogen) atoms. The van der Waals surface area contributed by atoms with E-state index in [-0.39, 0.29) is 23.8 Å². The molecule has 1 aliphatic heterocycles. The maximum atomic E-state index is 12.2. The molecule has 120 valence electrons. The molecule has 2 rings (SSSR count). The van der Waals surface area contributed by atoms with Crippen LogP contribution in [-0.2, 0) is 9.59 Å². The van der Waals surface area contributed by atoms with E-state index in [0.29, 0.717) is 6.42 Å². The summed E-state index contributed by atoms with van der Waals surface area (Å²) in [6.45, 7) is 5.19. The lowest BCUT2D eigenvalue weighted by Crippen LogP contribution is -2.42. The fraction of sp³-hybridized carbons (Fsp3) is 0.875. The number of carboxylic acid groups (broad SMARTS) is 1. The van der Waals surface area contributed by atoms with Crippen molar-refractivity contribution in [1.29, 1.82) is 0 Å². The number of carboxylic acids is 1. The van der Waals surface area contributed by atoms with Gasteiger partial charge in [-0.25, -0.2) is 0 Å². The SMILES string of the molecule is CC(CN1CCCC1)NC(=O)CC1(CC(=O)O)CCCC1. The summed E-state index contributed by atoms with van der Waals surface area (Å²) in [7, 11) is 0. The van der Waals surface area contributed by atoms with Gasteiger partial charge in [0.05, 0.1) is 6.42 Å². The van der Waals surface area contributed by atoms with Crippen molar-refractivity contribution in [3.05, 3.63) is 0 Å². The van der Waals surface area contributed by atoms with E-state index in [1.165, 1.54) is 12.8 Å². The van der Waals surface area contributed by atoms with Gasteiger partial charge in [0.1, 0.15) is 0 Å². The number of likely N-dealkylation sites (tertiary alicyclic amines) is 1. The zero-order valence-corrected chi connectivity index (χ0v) is 13.1. The average Bonchev–Trinajstić information content (AvgIpc) is 3.00. The summed E-state index contributed by atoms with van der Waals surface area (Å²) in [6.07, 6.45) is 6.82. The first-order chi connectivity index (χ1) is 9.99. The Hall–Kier alpha value is -1.10. The van der Waals surface area contributed by atoms with Gasteiger partial charge in [0.2, 0.25) is 5.91 Å². The van der Waals surface area contributed by atoms with E-state index < -0.39 is 5.97 Å². The lowest BCUT2D eigenvalue weighted by molar-refractivity contribution is -0.140. The van der Waals surface area contributed by atoms with Crippen molar-refractivity contribution in [2.24, 2.45) is 5.41 Å². The molecule has 0 aromatic rings. The van der Waals surface area contributed by atoms with Gasteiger partial charge < -0.3 is 15.3 Å². The van der Waals surface area contributed by atoms with Crippen LogP contribution in [0.15, 0.2) is 0 Å². The van der Waals surface area contributed by atoms with Crippen LogP contribution in [-0.4, -0.2) is 47.6 Å². The van der Waals surface area contributed by atoms with E-state index in [1.54, 1.807) is 0 Å². The molecule has 0 bridgehead atoms. The topological polar surface area (TPSA) is 69.6 Å². The smallest absolute Gasteiger partial charge is 0.303 e. The highest BCUT2D eigenvalue weighted by Gasteiger charge is 2.38. The monoisotopic (exact) mass is 296 g/mol. The first-order valence-corrected chi connectivity index (χ1v) is 8.23. The molecular formula is C16H28N2O3. The molecule has 1 atom stereocenters. The van der Waals surface area contributed by atoms with Crippen LogP contribution in [0.2, 0.25) is 0 Å². The number of hydrogen-bond donors (Lipinski definition) is 2. The summed E-state index contributed by atoms with van der Waals surface area (Å²) in [5, 5.41) is 12.1. The lowest BCUT2D eigenvalue weighted by Gasteiger charge is -2.28. The van der Waals surface area contributed by atoms with Crippen molar-refractivity contribution in [3.8, 4) is 0 Å². The predicted octanol–water partition coefficient (Wildman–Crippen LogP) is 2.01. The Bertz CT molecular complexity index is 372. The molecule has 0 radical (unpaired) electrons. The second-order valence-electron chi connectivity index (χ2n) is 6.93. The maximum Gasteiger partial charge on any atom is 0.303 e. The Morgan fingerprint density at radius 1 is 1.14 bits per heavy atom. The highest BCUT2D eigenvalue weighted by atomic mass is 16.4. The highest BCUT2D eigenvalue weighted by Crippen LogP contribution is 2.44. The van der Waals surface area contributed by atoms with Crippen LogP contribution < -0.4 is 5.32 Å². The van der Waals surface area contributed by atoms with Crippen LogP contribution in [0.5, 0.6) is 0 Å². The number of carbonyl (C=O) groups excluding carboxylic acids is 1. The Balaban J connectivity index is 1.80. The molecule has 2 N–H and O–H groups in total. The van der Waals surface area contributed by atoms with Crippen LogP contribution in [0, 0.1) is 5.41 Å². The van der Waals surface area contributed by atoms with Crippen LogP contribution in [0.25, 0.3) is 0 Å². The Kier molecular flexibility index (Phi) is 5.62. The third kappa shape index (κ3) is 4.99. The third-order valence-electron chi connectivity index (χ3n) is 4.86. The summed E-state index contributed by atoms with van der Waals surface area (Å²) < 4.78 is 0. The molecule has 0 aromatic carbocycles. The minimum Gasteiger partial charge on any atom is -0.481 e. The van der Waals surface area contributed by atoms with Crippen molar-refractivity contribution < 1.29 is 14.7 Å². The molecule has 0 aromatic heterocycles. The molecule has 5 heteroatoms. The first-order valence-electron chi connectivity index (χ1n) is 8.23. The molecule has 1 aliphatic carbocycles. The highest BCUT2D eigenvalue weighted by molar-refractivity contribution is 5.78. The minimum absolute atomic E-state index is 0.0184. The van der Waals surface area contributed by atoms with Gasteiger partial charge in [0.15, 0.2) is 0 Å². The van der Waals surface area contributed by atoms with E-state index in [9.17, 15) is 9.59 Å². The Morgan fingerprint density at radius 3 is 2.33 bits per heavy atom. The first kappa shape index (κ1) is 16.3. The average molecular weight is 296 g/mol. The van der Waals surface area contributed by atoms with E-state index in [0.717, 1.165) is 45.3 Å². The van der Waals surface area contributed by atoms with Gasteiger partial charge in [0.25, 0.3) is 0 Å². The summed E-state index contributed by atoms with van der Waals surface area (Å²) >= 11 is 0. The number of aliphatic carboxylic acids is 1. The molecule has 1 heterocycles. The predicted molar refractivity (Wildman–Crippen MR) is 81.0 cm³/mol. The number of rotatable bonds is 7. The zero-order chi connectivity index (χ0) is 15.3. The van der Waals surface area contributed by atoms with Crippen molar-refractivity contribution in [2.75, 3.05) is 19.6 Å². The van der Waals surface area contributed by atoms with Crippen LogP contribution in [0.1, 0.15) is 58.3 Å². The van der Waals surface area contributed by atoms with Crippen molar-refractivity contribution in [1.82, 2.24) is 10.2 Å². The van der Waals surface area contributed by atoms with E-state index in [1.807, 2.05) is 6.92 Å². The van der Waals surface area contributed by atoms with Crippen LogP contribution in [0.4, 0.5) is 0 Å². The van der Waals surface area contributed by atoms with Gasteiger partial charge in [-0.05, 0) is 51.1 Å². The summed E-state index contributed by atoms with van der Waals surface area (Å²) in [4.78, 5) is 25.7. The van der Waals surface area contributed by atoms with Gasteiger partial charge >= 0.3 is 5.97 Å². The quantitative estimate of drug-likeness (QED) is 0.754. The van der Waals surface area contributed by atoms with E-state index in [2.05, 4.69) is 10.2 Å². The normalized spacial score (nSPS) is 23.1. The molecule has 2 aliphatic rings. The number of amides is 1. The number of nitrogens with one attached hydrogen (secondary N) is 1. The van der Waals surface area contributed by atoms with E-state index in [4.69, 9.17) is 5.11 Å². The molecular weight excluding hydrogens is 268 g/mol. The molecule has 1 saturated heterocycles. The molecule has 1 saturated carbocycles. The molecule has 1 unspecified atom stereocenters. The van der Waals surface area contributed by atoms with Crippen molar-refractivity contribution >= 4 is 11.9 Å². The Labute approximate surface area is 127 Å². The largest absolute Gasteiger partial charge is 0.481 e. The van der Waals surface area contributed by atoms with Gasteiger partial charge in [-0.3, -0.25) is 9.59 Å². The summed E-state index contributed by atoms with van der Waals surface area (Å²) in [5.41, 5.74) is -0.302. The standard InChI is InChI=1S/C16H28N2O3/c1-13(12-18-8-4-5-9-18)17-14(19)10-16(11-15(20)21)6-2-3-7-16/h13H,2-12H2,1H3,(H,17,19)(H,20,21). The second kappa shape index (κ2) is 7.25. The molecule has 1 amide bonds. The van der Waals surface area contributed by atoms with Crippen LogP contribution in [0.3, 0.4) is 0 Å². The van der Waals surface area contributed by atoms with Crippen molar-refractivity contribution in [3.63, 3.8) is 0 Å². The fourth-order valence-corrected chi connectivity index (χ4v) is 3.93. The lowest BCUT2D eigenvalue weighted by atomic mass is 9.79. The molecule has 2 fully saturated rings. The van der Waals surface area contributed by atoms with Gasteiger partial charge in [0, 0.05) is 19.0 Å². The van der Waals surface area contributed by atoms with Crippen molar-refractivity contribution in [2.45, 2.75) is 64.3 Å². The second-order valence-corrected chi connectivity index (χ2v) is 6.93.